The first kappa shape index (κ1) is 21.5. The third kappa shape index (κ3) is 6.43. The van der Waals surface area contributed by atoms with Crippen LogP contribution in [0.25, 0.3) is 0 Å². The first-order valence-electron chi connectivity index (χ1n) is 9.33. The van der Waals surface area contributed by atoms with Gasteiger partial charge in [0.1, 0.15) is 17.1 Å². The number of methoxy groups -OCH3 is 2. The summed E-state index contributed by atoms with van der Waals surface area (Å²) in [7, 11) is 3.01. The Morgan fingerprint density at radius 1 is 1.11 bits per heavy atom. The Morgan fingerprint density at radius 3 is 2.50 bits per heavy atom. The summed E-state index contributed by atoms with van der Waals surface area (Å²) in [6.45, 7) is 2.64. The molecule has 0 aliphatic rings. The third-order valence-electron chi connectivity index (χ3n) is 4.42. The monoisotopic (exact) mass is 384 g/mol. The van der Waals surface area contributed by atoms with Crippen molar-refractivity contribution in [2.24, 2.45) is 0 Å². The van der Waals surface area contributed by atoms with Gasteiger partial charge in [-0.25, -0.2) is 4.79 Å². The molecule has 2 aromatic rings. The van der Waals surface area contributed by atoms with Crippen molar-refractivity contribution in [1.82, 2.24) is 0 Å². The maximum atomic E-state index is 11.6. The lowest BCUT2D eigenvalue weighted by atomic mass is 10.0. The lowest BCUT2D eigenvalue weighted by Gasteiger charge is -2.13. The zero-order chi connectivity index (χ0) is 20.4. The molecule has 0 aliphatic heterocycles. The highest BCUT2D eigenvalue weighted by Gasteiger charge is 2.18. The number of aromatic carboxylic acids is 1. The summed E-state index contributed by atoms with van der Waals surface area (Å²) in [5.74, 6) is -0.0982. The van der Waals surface area contributed by atoms with Gasteiger partial charge in [0.15, 0.2) is 0 Å². The zero-order valence-electron chi connectivity index (χ0n) is 16.7. The molecule has 0 unspecified atom stereocenters. The fourth-order valence-electron chi connectivity index (χ4n) is 2.89. The maximum Gasteiger partial charge on any atom is 0.339 e. The lowest BCUT2D eigenvalue weighted by molar-refractivity contribution is 0.0552. The van der Waals surface area contributed by atoms with E-state index < -0.39 is 5.97 Å². The second-order valence-electron chi connectivity index (χ2n) is 6.52. The molecule has 0 amide bonds. The van der Waals surface area contributed by atoms with Crippen LogP contribution in [-0.4, -0.2) is 31.4 Å². The summed E-state index contributed by atoms with van der Waals surface area (Å²) in [5.41, 5.74) is 2.05. The molecule has 2 aromatic carbocycles. The van der Waals surface area contributed by atoms with Crippen molar-refractivity contribution >= 4 is 5.97 Å². The largest absolute Gasteiger partial charge is 0.497 e. The molecule has 0 spiro atoms. The van der Waals surface area contributed by atoms with Crippen molar-refractivity contribution < 1.29 is 24.1 Å². The molecular formula is C23H28O5. The summed E-state index contributed by atoms with van der Waals surface area (Å²) in [6.07, 6.45) is 6.36. The minimum atomic E-state index is -0.999. The Kier molecular flexibility index (Phi) is 8.56. The number of carbonyl (C=O) groups is 1. The Hall–Kier alpha value is -2.79. The number of rotatable bonds is 11. The molecule has 5 nitrogen and oxygen atoms in total. The molecule has 0 bridgehead atoms. The van der Waals surface area contributed by atoms with Crippen LogP contribution in [0, 0.1) is 0 Å². The Bertz CT molecular complexity index is 783. The standard InChI is InChI=1S/C23H28O5/c1-17(28-16-18-11-7-5-8-12-18)10-6-4-9-13-19-14-20(26-2)15-21(27-3)22(19)23(24)25/h4-8,11-12,14-15,17H,9-10,13,16H2,1-3H3,(H,24,25)/b6-4+/t17-/m1/s1. The van der Waals surface area contributed by atoms with Crippen LogP contribution >= 0.6 is 0 Å². The third-order valence-corrected chi connectivity index (χ3v) is 4.42. The highest BCUT2D eigenvalue weighted by molar-refractivity contribution is 5.93. The quantitative estimate of drug-likeness (QED) is 0.559. The molecule has 150 valence electrons. The molecule has 0 heterocycles. The fraction of sp³-hybridized carbons (Fsp3) is 0.348. The number of benzene rings is 2. The number of allylic oxidation sites excluding steroid dienone is 1. The van der Waals surface area contributed by atoms with E-state index in [2.05, 4.69) is 12.2 Å². The van der Waals surface area contributed by atoms with Gasteiger partial charge in [-0.3, -0.25) is 0 Å². The predicted octanol–water partition coefficient (Wildman–Crippen LogP) is 4.89. The number of carboxylic acids is 1. The molecule has 1 atom stereocenters. The molecule has 0 aromatic heterocycles. The van der Waals surface area contributed by atoms with E-state index in [4.69, 9.17) is 14.2 Å². The molecule has 0 aliphatic carbocycles. The van der Waals surface area contributed by atoms with Crippen molar-refractivity contribution in [2.75, 3.05) is 14.2 Å². The number of hydrogen-bond donors (Lipinski definition) is 1. The SMILES string of the molecule is COc1cc(CC/C=C/C[C@@H](C)OCc2ccccc2)c(C(=O)O)c(OC)c1. The van der Waals surface area contributed by atoms with Crippen LogP contribution in [0.15, 0.2) is 54.6 Å². The maximum absolute atomic E-state index is 11.6. The molecule has 5 heteroatoms. The summed E-state index contributed by atoms with van der Waals surface area (Å²) in [4.78, 5) is 11.6. The van der Waals surface area contributed by atoms with E-state index in [1.807, 2.05) is 37.3 Å². The Morgan fingerprint density at radius 2 is 1.86 bits per heavy atom. The van der Waals surface area contributed by atoms with Gasteiger partial charge in [-0.2, -0.15) is 0 Å². The Labute approximate surface area is 166 Å². The first-order chi connectivity index (χ1) is 13.5. The molecule has 0 fully saturated rings. The van der Waals surface area contributed by atoms with Gasteiger partial charge in [0.25, 0.3) is 0 Å². The molecule has 28 heavy (non-hydrogen) atoms. The van der Waals surface area contributed by atoms with E-state index in [1.54, 1.807) is 19.2 Å². The number of ether oxygens (including phenoxy) is 3. The summed E-state index contributed by atoms with van der Waals surface area (Å²) >= 11 is 0. The van der Waals surface area contributed by atoms with Gasteiger partial charge in [0, 0.05) is 6.07 Å². The second kappa shape index (κ2) is 11.1. The average molecular weight is 384 g/mol. The van der Waals surface area contributed by atoms with Gasteiger partial charge >= 0.3 is 5.97 Å². The molecule has 1 N–H and O–H groups in total. The van der Waals surface area contributed by atoms with Crippen LogP contribution < -0.4 is 9.47 Å². The van der Waals surface area contributed by atoms with Crippen LogP contribution in [-0.2, 0) is 17.8 Å². The number of hydrogen-bond acceptors (Lipinski definition) is 4. The van der Waals surface area contributed by atoms with Crippen molar-refractivity contribution in [3.05, 3.63) is 71.3 Å². The van der Waals surface area contributed by atoms with Crippen molar-refractivity contribution in [2.45, 2.75) is 38.9 Å². The molecule has 0 saturated heterocycles. The van der Waals surface area contributed by atoms with E-state index >= 15 is 0 Å². The van der Waals surface area contributed by atoms with E-state index in [1.165, 1.54) is 7.11 Å². The van der Waals surface area contributed by atoms with Crippen molar-refractivity contribution in [3.63, 3.8) is 0 Å². The van der Waals surface area contributed by atoms with Gasteiger partial charge in [-0.1, -0.05) is 42.5 Å². The van der Waals surface area contributed by atoms with Gasteiger partial charge in [-0.15, -0.1) is 0 Å². The zero-order valence-corrected chi connectivity index (χ0v) is 16.7. The van der Waals surface area contributed by atoms with E-state index in [9.17, 15) is 9.90 Å². The van der Waals surface area contributed by atoms with Crippen molar-refractivity contribution in [3.8, 4) is 11.5 Å². The predicted molar refractivity (Wildman–Crippen MR) is 109 cm³/mol. The average Bonchev–Trinajstić information content (AvgIpc) is 2.71. The van der Waals surface area contributed by atoms with E-state index in [-0.39, 0.29) is 11.7 Å². The molecule has 2 rings (SSSR count). The Balaban J connectivity index is 1.87. The van der Waals surface area contributed by atoms with Crippen LogP contribution in [0.1, 0.15) is 41.3 Å². The highest BCUT2D eigenvalue weighted by Crippen LogP contribution is 2.29. The number of carboxylic acid groups (broad SMARTS) is 1. The minimum absolute atomic E-state index is 0.114. The van der Waals surface area contributed by atoms with Gasteiger partial charge in [-0.05, 0) is 43.4 Å². The highest BCUT2D eigenvalue weighted by atomic mass is 16.5. The summed E-state index contributed by atoms with van der Waals surface area (Å²) in [5, 5.41) is 9.51. The van der Waals surface area contributed by atoms with E-state index in [0.29, 0.717) is 30.1 Å². The van der Waals surface area contributed by atoms with E-state index in [0.717, 1.165) is 18.4 Å². The van der Waals surface area contributed by atoms with Crippen LogP contribution in [0.4, 0.5) is 0 Å². The lowest BCUT2D eigenvalue weighted by Crippen LogP contribution is -2.07. The van der Waals surface area contributed by atoms with Gasteiger partial charge in [0.2, 0.25) is 0 Å². The topological polar surface area (TPSA) is 65.0 Å². The van der Waals surface area contributed by atoms with Gasteiger partial charge < -0.3 is 19.3 Å². The summed E-state index contributed by atoms with van der Waals surface area (Å²) in [6, 6.07) is 13.4. The van der Waals surface area contributed by atoms with Gasteiger partial charge in [0.05, 0.1) is 26.9 Å². The fourth-order valence-corrected chi connectivity index (χ4v) is 2.89. The molecule has 0 radical (unpaired) electrons. The minimum Gasteiger partial charge on any atom is -0.497 e. The van der Waals surface area contributed by atoms with Crippen LogP contribution in [0.3, 0.4) is 0 Å². The van der Waals surface area contributed by atoms with Crippen molar-refractivity contribution in [1.29, 1.82) is 0 Å². The second-order valence-corrected chi connectivity index (χ2v) is 6.52. The smallest absolute Gasteiger partial charge is 0.339 e. The number of aryl methyl sites for hydroxylation is 1. The normalized spacial score (nSPS) is 12.1. The first-order valence-corrected chi connectivity index (χ1v) is 9.33. The molecule has 0 saturated carbocycles. The summed E-state index contributed by atoms with van der Waals surface area (Å²) < 4.78 is 16.3. The van der Waals surface area contributed by atoms with Crippen LogP contribution in [0.5, 0.6) is 11.5 Å². The van der Waals surface area contributed by atoms with Crippen LogP contribution in [0.2, 0.25) is 0 Å². The molecular weight excluding hydrogens is 356 g/mol.